The maximum atomic E-state index is 5.98. The summed E-state index contributed by atoms with van der Waals surface area (Å²) >= 11 is 12.2. The van der Waals surface area contributed by atoms with Gasteiger partial charge in [-0.3, -0.25) is 0 Å². The predicted octanol–water partition coefficient (Wildman–Crippen LogP) is 3.93. The summed E-state index contributed by atoms with van der Waals surface area (Å²) in [4.78, 5) is 4.50. The Labute approximate surface area is 104 Å². The van der Waals surface area contributed by atoms with Crippen molar-refractivity contribution >= 4 is 53.6 Å². The first-order valence-electron chi connectivity index (χ1n) is 4.61. The molecule has 2 aromatic rings. The third kappa shape index (κ3) is 2.64. The zero-order valence-electron chi connectivity index (χ0n) is 8.13. The molecule has 0 unspecified atom stereocenters. The number of aromatic nitrogens is 1. The van der Waals surface area contributed by atoms with Gasteiger partial charge in [0, 0.05) is 0 Å². The van der Waals surface area contributed by atoms with Crippen molar-refractivity contribution in [2.45, 2.75) is 13.3 Å². The second-order valence-corrected chi connectivity index (χ2v) is 6.26. The Hall–Kier alpha value is -0.271. The van der Waals surface area contributed by atoms with Gasteiger partial charge >= 0.3 is 105 Å². The minimum atomic E-state index is 0.273. The summed E-state index contributed by atoms with van der Waals surface area (Å²) in [6.45, 7) is 2.03. The van der Waals surface area contributed by atoms with E-state index in [1.807, 2.05) is 31.2 Å². The van der Waals surface area contributed by atoms with Crippen molar-refractivity contribution in [1.29, 1.82) is 0 Å². The zero-order valence-corrected chi connectivity index (χ0v) is 11.4. The number of fused-ring (bicyclic) bond motifs is 1. The molecule has 4 heteroatoms. The average molecular weight is 305 g/mol. The summed E-state index contributed by atoms with van der Waals surface area (Å²) in [7, 11) is 0. The first-order valence-corrected chi connectivity index (χ1v) is 7.08. The van der Waals surface area contributed by atoms with Crippen LogP contribution < -0.4 is 0 Å². The Balaban J connectivity index is 2.47. The van der Waals surface area contributed by atoms with E-state index in [0.717, 1.165) is 26.6 Å². The minimum absolute atomic E-state index is 0.273. The number of allylic oxidation sites excluding steroid dienone is 1. The van der Waals surface area contributed by atoms with Crippen molar-refractivity contribution in [2.24, 2.45) is 0 Å². The molecule has 78 valence electrons. The number of rotatable bonds is 2. The van der Waals surface area contributed by atoms with Crippen LogP contribution in [-0.2, 0) is 0 Å². The molecule has 0 fully saturated rings. The van der Waals surface area contributed by atoms with Gasteiger partial charge in [0.1, 0.15) is 0 Å². The van der Waals surface area contributed by atoms with E-state index in [9.17, 15) is 0 Å². The van der Waals surface area contributed by atoms with Gasteiger partial charge in [-0.25, -0.2) is 0 Å². The van der Waals surface area contributed by atoms with Gasteiger partial charge in [-0.2, -0.15) is 0 Å². The van der Waals surface area contributed by atoms with Gasteiger partial charge in [0.25, 0.3) is 0 Å². The van der Waals surface area contributed by atoms with E-state index in [-0.39, 0.29) is 14.5 Å². The molecule has 0 saturated carbocycles. The molecular weight excluding hydrogens is 296 g/mol. The Morgan fingerprint density at radius 3 is 3.07 bits per heavy atom. The van der Waals surface area contributed by atoms with Crippen molar-refractivity contribution in [3.63, 3.8) is 0 Å². The number of halogens is 2. The molecule has 0 bridgehead atoms. The molecule has 0 amide bonds. The Morgan fingerprint density at radius 1 is 1.53 bits per heavy atom. The van der Waals surface area contributed by atoms with Crippen LogP contribution in [0.1, 0.15) is 17.9 Å². The van der Waals surface area contributed by atoms with E-state index in [2.05, 4.69) is 4.98 Å². The Morgan fingerprint density at radius 2 is 2.33 bits per heavy atom. The molecule has 0 spiro atoms. The fraction of sp³-hybridized carbons (Fsp3) is 0.182. The second kappa shape index (κ2) is 4.71. The van der Waals surface area contributed by atoms with Crippen LogP contribution in [0.25, 0.3) is 15.9 Å². The first-order chi connectivity index (χ1) is 7.19. The van der Waals surface area contributed by atoms with Gasteiger partial charge in [-0.1, -0.05) is 0 Å². The average Bonchev–Trinajstić information content (AvgIpc) is 2.59. The molecule has 0 aliphatic carbocycles. The molecule has 0 atom stereocenters. The molecule has 1 aromatic heterocycles. The monoisotopic (exact) mass is 305 g/mol. The molecule has 0 radical (unpaired) electrons. The summed E-state index contributed by atoms with van der Waals surface area (Å²) in [5.74, 6) is 0. The van der Waals surface area contributed by atoms with E-state index in [4.69, 9.17) is 23.2 Å². The summed E-state index contributed by atoms with van der Waals surface area (Å²) in [6.07, 6.45) is 2.82. The van der Waals surface area contributed by atoms with E-state index < -0.39 is 0 Å². The van der Waals surface area contributed by atoms with Gasteiger partial charge in [-0.15, -0.1) is 0 Å². The fourth-order valence-electron chi connectivity index (χ4n) is 1.22. The molecule has 1 aromatic carbocycles. The first kappa shape index (κ1) is 11.2. The summed E-state index contributed by atoms with van der Waals surface area (Å²) < 4.78 is 2.35. The molecule has 0 aliphatic rings. The molecule has 1 nitrogen and oxygen atoms in total. The molecule has 15 heavy (non-hydrogen) atoms. The molecule has 1 heterocycles. The van der Waals surface area contributed by atoms with Crippen molar-refractivity contribution in [3.8, 4) is 0 Å². The van der Waals surface area contributed by atoms with Crippen molar-refractivity contribution < 1.29 is 0 Å². The van der Waals surface area contributed by atoms with Crippen molar-refractivity contribution in [3.05, 3.63) is 32.8 Å². The fourth-order valence-corrected chi connectivity index (χ4v) is 3.55. The molecule has 2 rings (SSSR count). The number of hydrogen-bond acceptors (Lipinski definition) is 1. The topological polar surface area (TPSA) is 12.9 Å². The van der Waals surface area contributed by atoms with Crippen LogP contribution >= 0.6 is 23.2 Å². The standard InChI is InChI=1S/C11H9Cl2NSe/c1-2-7(12)6-11-14-9-5-8(13)3-4-10(9)15-11/h3-6H,2H2,1H3. The normalized spacial score (nSPS) is 12.3. The van der Waals surface area contributed by atoms with Gasteiger partial charge in [0.2, 0.25) is 0 Å². The second-order valence-electron chi connectivity index (χ2n) is 3.11. The van der Waals surface area contributed by atoms with Crippen LogP contribution in [-0.4, -0.2) is 19.5 Å². The van der Waals surface area contributed by atoms with Crippen LogP contribution in [0.2, 0.25) is 5.02 Å². The number of hydrogen-bond donors (Lipinski definition) is 0. The SMILES string of the molecule is CCC(Cl)=Cc1nc2cc(Cl)ccc2[se]1. The third-order valence-corrected chi connectivity index (χ3v) is 4.66. The van der Waals surface area contributed by atoms with E-state index in [0.29, 0.717) is 0 Å². The number of benzene rings is 1. The van der Waals surface area contributed by atoms with Gasteiger partial charge in [0.05, 0.1) is 0 Å². The third-order valence-electron chi connectivity index (χ3n) is 1.98. The summed E-state index contributed by atoms with van der Waals surface area (Å²) in [5, 5.41) is 1.59. The van der Waals surface area contributed by atoms with Gasteiger partial charge in [-0.05, 0) is 0 Å². The summed E-state index contributed by atoms with van der Waals surface area (Å²) in [6, 6.07) is 5.85. The molecule has 0 saturated heterocycles. The van der Waals surface area contributed by atoms with Crippen molar-refractivity contribution in [1.82, 2.24) is 4.98 Å². The zero-order chi connectivity index (χ0) is 10.8. The maximum absolute atomic E-state index is 5.98. The van der Waals surface area contributed by atoms with Gasteiger partial charge in [0.15, 0.2) is 0 Å². The predicted molar refractivity (Wildman–Crippen MR) is 67.8 cm³/mol. The van der Waals surface area contributed by atoms with Crippen LogP contribution in [0.15, 0.2) is 23.2 Å². The Bertz CT molecular complexity index is 516. The summed E-state index contributed by atoms with van der Waals surface area (Å²) in [5.41, 5.74) is 0.995. The quantitative estimate of drug-likeness (QED) is 0.766. The van der Waals surface area contributed by atoms with Crippen molar-refractivity contribution in [2.75, 3.05) is 0 Å². The Kier molecular flexibility index (Phi) is 3.52. The van der Waals surface area contributed by atoms with Crippen LogP contribution in [0.3, 0.4) is 0 Å². The van der Waals surface area contributed by atoms with Crippen LogP contribution in [0, 0.1) is 0 Å². The number of nitrogens with zero attached hydrogens (tertiary/aromatic N) is 1. The molecule has 0 aliphatic heterocycles. The van der Waals surface area contributed by atoms with E-state index in [1.165, 1.54) is 4.26 Å². The van der Waals surface area contributed by atoms with Gasteiger partial charge < -0.3 is 0 Å². The van der Waals surface area contributed by atoms with E-state index >= 15 is 0 Å². The van der Waals surface area contributed by atoms with Crippen LogP contribution in [0.4, 0.5) is 0 Å². The van der Waals surface area contributed by atoms with E-state index in [1.54, 1.807) is 0 Å². The molecule has 0 N–H and O–H groups in total. The van der Waals surface area contributed by atoms with Crippen LogP contribution in [0.5, 0.6) is 0 Å². The molecular formula is C11H9Cl2NSe.